The third kappa shape index (κ3) is 8.11. The van der Waals surface area contributed by atoms with Gasteiger partial charge in [-0.25, -0.2) is 4.79 Å². The number of rotatable bonds is 9. The number of amides is 3. The first-order valence-electron chi connectivity index (χ1n) is 12.8. The molecule has 1 aromatic rings. The van der Waals surface area contributed by atoms with Crippen molar-refractivity contribution in [3.63, 3.8) is 0 Å². The molecule has 1 fully saturated rings. The Morgan fingerprint density at radius 3 is 2.28 bits per heavy atom. The number of nitrogens with zero attached hydrogens (tertiary/aromatic N) is 1. The lowest BCUT2D eigenvalue weighted by Crippen LogP contribution is -2.60. The molecule has 1 aliphatic carbocycles. The van der Waals surface area contributed by atoms with Crippen LogP contribution < -0.4 is 10.6 Å². The Kier molecular flexibility index (Phi) is 10.2. The molecule has 0 bridgehead atoms. The number of carbonyl (C=O) groups excluding carboxylic acids is 3. The lowest BCUT2D eigenvalue weighted by atomic mass is 9.91. The van der Waals surface area contributed by atoms with E-state index >= 15 is 0 Å². The molecule has 1 saturated carbocycles. The van der Waals surface area contributed by atoms with Crippen molar-refractivity contribution < 1.29 is 29.3 Å². The van der Waals surface area contributed by atoms with Crippen LogP contribution in [0.3, 0.4) is 0 Å². The fourth-order valence-corrected chi connectivity index (χ4v) is 4.39. The number of aliphatic hydroxyl groups is 1. The number of carbonyl (C=O) groups is 3. The maximum Gasteiger partial charge on any atom is 0.408 e. The van der Waals surface area contributed by atoms with Crippen LogP contribution in [0.5, 0.6) is 5.75 Å². The number of benzene rings is 1. The molecule has 2 unspecified atom stereocenters. The van der Waals surface area contributed by atoms with Crippen LogP contribution in [-0.2, 0) is 14.3 Å². The minimum absolute atomic E-state index is 0.00118. The van der Waals surface area contributed by atoms with Gasteiger partial charge in [-0.2, -0.15) is 0 Å². The number of aromatic hydroxyl groups is 1. The SMILES string of the molecule is CCC(C)(C)N(C(=O)C(CO)NC(=O)OC(C)(C)C)C(C(=O)NC1CCCCC1)c1cccc(O)c1. The predicted octanol–water partition coefficient (Wildman–Crippen LogP) is 3.79. The second-order valence-electron chi connectivity index (χ2n) is 11.1. The highest BCUT2D eigenvalue weighted by Gasteiger charge is 2.43. The van der Waals surface area contributed by atoms with E-state index in [-0.39, 0.29) is 17.7 Å². The minimum Gasteiger partial charge on any atom is -0.508 e. The number of phenolic OH excluding ortho intramolecular Hbond substituents is 1. The first kappa shape index (κ1) is 29.4. The van der Waals surface area contributed by atoms with Gasteiger partial charge in [-0.3, -0.25) is 9.59 Å². The summed E-state index contributed by atoms with van der Waals surface area (Å²) < 4.78 is 5.28. The largest absolute Gasteiger partial charge is 0.508 e. The summed E-state index contributed by atoms with van der Waals surface area (Å²) in [6, 6.07) is 3.86. The van der Waals surface area contributed by atoms with Gasteiger partial charge in [0.2, 0.25) is 11.8 Å². The zero-order chi connectivity index (χ0) is 27.1. The Balaban J connectivity index is 2.49. The van der Waals surface area contributed by atoms with Crippen molar-refractivity contribution in [1.82, 2.24) is 15.5 Å². The van der Waals surface area contributed by atoms with Gasteiger partial charge in [0.1, 0.15) is 23.4 Å². The molecule has 3 amide bonds. The van der Waals surface area contributed by atoms with Gasteiger partial charge >= 0.3 is 6.09 Å². The quantitative estimate of drug-likeness (QED) is 0.404. The summed E-state index contributed by atoms with van der Waals surface area (Å²) in [4.78, 5) is 41.6. The van der Waals surface area contributed by atoms with Crippen LogP contribution in [0.1, 0.15) is 91.7 Å². The number of phenols is 1. The highest BCUT2D eigenvalue weighted by Crippen LogP contribution is 2.34. The number of ether oxygens (including phenoxy) is 1. The lowest BCUT2D eigenvalue weighted by molar-refractivity contribution is -0.150. The summed E-state index contributed by atoms with van der Waals surface area (Å²) in [6.07, 6.45) is 4.56. The summed E-state index contributed by atoms with van der Waals surface area (Å²) >= 11 is 0. The molecule has 1 aliphatic rings. The third-order valence-corrected chi connectivity index (χ3v) is 6.57. The lowest BCUT2D eigenvalue weighted by Gasteiger charge is -2.44. The minimum atomic E-state index is -1.33. The molecule has 202 valence electrons. The van der Waals surface area contributed by atoms with Crippen LogP contribution in [0, 0.1) is 0 Å². The monoisotopic (exact) mass is 505 g/mol. The average Bonchev–Trinajstić information content (AvgIpc) is 2.79. The van der Waals surface area contributed by atoms with Crippen LogP contribution in [0.4, 0.5) is 4.79 Å². The summed E-state index contributed by atoms with van der Waals surface area (Å²) in [7, 11) is 0. The highest BCUT2D eigenvalue weighted by molar-refractivity contribution is 5.93. The molecule has 4 N–H and O–H groups in total. The van der Waals surface area contributed by atoms with E-state index in [4.69, 9.17) is 4.74 Å². The molecule has 0 spiro atoms. The average molecular weight is 506 g/mol. The van der Waals surface area contributed by atoms with Gasteiger partial charge in [0.05, 0.1) is 6.61 Å². The molecular weight excluding hydrogens is 462 g/mol. The number of alkyl carbamates (subject to hydrolysis) is 1. The van der Waals surface area contributed by atoms with Crippen LogP contribution in [0.2, 0.25) is 0 Å². The summed E-state index contributed by atoms with van der Waals surface area (Å²) in [5.74, 6) is -1.02. The van der Waals surface area contributed by atoms with E-state index in [0.717, 1.165) is 32.1 Å². The summed E-state index contributed by atoms with van der Waals surface area (Å²) in [6.45, 7) is 9.97. The van der Waals surface area contributed by atoms with Crippen molar-refractivity contribution in [3.8, 4) is 5.75 Å². The van der Waals surface area contributed by atoms with Crippen LogP contribution in [0.15, 0.2) is 24.3 Å². The second-order valence-corrected chi connectivity index (χ2v) is 11.1. The van der Waals surface area contributed by atoms with Crippen molar-refractivity contribution in [2.45, 2.75) is 109 Å². The Morgan fingerprint density at radius 1 is 1.11 bits per heavy atom. The van der Waals surface area contributed by atoms with Gasteiger partial charge in [0.25, 0.3) is 0 Å². The van der Waals surface area contributed by atoms with E-state index in [9.17, 15) is 24.6 Å². The first-order chi connectivity index (χ1) is 16.8. The maximum atomic E-state index is 13.9. The fourth-order valence-electron chi connectivity index (χ4n) is 4.39. The number of hydrogen-bond acceptors (Lipinski definition) is 6. The molecule has 9 nitrogen and oxygen atoms in total. The van der Waals surface area contributed by atoms with E-state index in [0.29, 0.717) is 12.0 Å². The number of nitrogens with one attached hydrogen (secondary N) is 2. The molecule has 0 radical (unpaired) electrons. The van der Waals surface area contributed by atoms with Crippen molar-refractivity contribution >= 4 is 17.9 Å². The molecule has 9 heteroatoms. The Bertz CT molecular complexity index is 905. The van der Waals surface area contributed by atoms with Crippen LogP contribution in [-0.4, -0.2) is 62.9 Å². The van der Waals surface area contributed by atoms with Crippen molar-refractivity contribution in [1.29, 1.82) is 0 Å². The number of aliphatic hydroxyl groups excluding tert-OH is 1. The van der Waals surface area contributed by atoms with Crippen LogP contribution in [0.25, 0.3) is 0 Å². The topological polar surface area (TPSA) is 128 Å². The van der Waals surface area contributed by atoms with Gasteiger partial charge in [0, 0.05) is 11.6 Å². The number of hydrogen-bond donors (Lipinski definition) is 4. The standard InChI is InChI=1S/C27H43N3O6/c1-7-27(5,6)30(24(34)21(17-31)29-25(35)36-26(2,3)4)22(18-12-11-15-20(32)16-18)23(33)28-19-13-9-8-10-14-19/h11-12,15-16,19,21-22,31-32H,7-10,13-14,17H2,1-6H3,(H,28,33)(H,29,35). The van der Waals surface area contributed by atoms with E-state index in [2.05, 4.69) is 10.6 Å². The van der Waals surface area contributed by atoms with Crippen molar-refractivity contribution in [2.24, 2.45) is 0 Å². The van der Waals surface area contributed by atoms with Crippen molar-refractivity contribution in [3.05, 3.63) is 29.8 Å². The van der Waals surface area contributed by atoms with Crippen LogP contribution >= 0.6 is 0 Å². The normalized spacial score (nSPS) is 16.5. The third-order valence-electron chi connectivity index (χ3n) is 6.57. The van der Waals surface area contributed by atoms with Gasteiger partial charge in [0.15, 0.2) is 0 Å². The van der Waals surface area contributed by atoms with Gasteiger partial charge < -0.3 is 30.5 Å². The molecule has 0 aromatic heterocycles. The van der Waals surface area contributed by atoms with E-state index in [1.807, 2.05) is 20.8 Å². The molecule has 0 aliphatic heterocycles. The van der Waals surface area contributed by atoms with Gasteiger partial charge in [-0.1, -0.05) is 38.3 Å². The molecule has 1 aromatic carbocycles. The van der Waals surface area contributed by atoms with E-state index < -0.39 is 41.8 Å². The van der Waals surface area contributed by atoms with E-state index in [1.165, 1.54) is 17.0 Å². The van der Waals surface area contributed by atoms with Gasteiger partial charge in [-0.15, -0.1) is 0 Å². The second kappa shape index (κ2) is 12.4. The molecule has 2 rings (SSSR count). The molecule has 36 heavy (non-hydrogen) atoms. The smallest absolute Gasteiger partial charge is 0.408 e. The summed E-state index contributed by atoms with van der Waals surface area (Å²) in [5.41, 5.74) is -1.19. The Labute approximate surface area is 214 Å². The fraction of sp³-hybridized carbons (Fsp3) is 0.667. The molecule has 0 saturated heterocycles. The maximum absolute atomic E-state index is 13.9. The van der Waals surface area contributed by atoms with Gasteiger partial charge in [-0.05, 0) is 71.6 Å². The Hall–Kier alpha value is -2.81. The van der Waals surface area contributed by atoms with Crippen molar-refractivity contribution in [2.75, 3.05) is 6.61 Å². The summed E-state index contributed by atoms with van der Waals surface area (Å²) in [5, 5.41) is 25.8. The molecule has 2 atom stereocenters. The zero-order valence-electron chi connectivity index (χ0n) is 22.5. The molecule has 0 heterocycles. The highest BCUT2D eigenvalue weighted by atomic mass is 16.6. The zero-order valence-corrected chi connectivity index (χ0v) is 22.5. The van der Waals surface area contributed by atoms with E-state index in [1.54, 1.807) is 32.9 Å². The molecular formula is C27H43N3O6. The first-order valence-corrected chi connectivity index (χ1v) is 12.8. The predicted molar refractivity (Wildman–Crippen MR) is 137 cm³/mol. The Morgan fingerprint density at radius 2 is 1.75 bits per heavy atom.